The van der Waals surface area contributed by atoms with Crippen molar-refractivity contribution in [3.05, 3.63) is 48.6 Å². The molecule has 0 aliphatic rings. The van der Waals surface area contributed by atoms with Crippen molar-refractivity contribution >= 4 is 11.9 Å². The summed E-state index contributed by atoms with van der Waals surface area (Å²) in [4.78, 5) is 23.1. The molecule has 0 aromatic heterocycles. The van der Waals surface area contributed by atoms with Crippen LogP contribution in [0.3, 0.4) is 0 Å². The van der Waals surface area contributed by atoms with Crippen LogP contribution in [0.1, 0.15) is 181 Å². The van der Waals surface area contributed by atoms with Gasteiger partial charge in [0.25, 0.3) is 0 Å². The Bertz CT molecular complexity index is 734. The zero-order chi connectivity index (χ0) is 31.5. The van der Waals surface area contributed by atoms with Crippen LogP contribution in [0.15, 0.2) is 48.6 Å². The molecule has 248 valence electrons. The molecule has 0 saturated carbocycles. The Morgan fingerprint density at radius 3 is 1.44 bits per heavy atom. The fourth-order valence-electron chi connectivity index (χ4n) is 5.11. The molecule has 4 nitrogen and oxygen atoms in total. The topological polar surface area (TPSA) is 63.6 Å². The summed E-state index contributed by atoms with van der Waals surface area (Å²) in [7, 11) is 0. The number of carboxylic acids is 1. The lowest BCUT2D eigenvalue weighted by Crippen LogP contribution is -2.18. The molecule has 4 heteroatoms. The van der Waals surface area contributed by atoms with E-state index in [1.54, 1.807) is 0 Å². The molecule has 0 heterocycles. The van der Waals surface area contributed by atoms with Crippen LogP contribution in [0.2, 0.25) is 0 Å². The zero-order valence-electron chi connectivity index (χ0n) is 28.3. The lowest BCUT2D eigenvalue weighted by molar-refractivity contribution is -0.150. The van der Waals surface area contributed by atoms with E-state index in [9.17, 15) is 9.59 Å². The van der Waals surface area contributed by atoms with Crippen LogP contribution in [-0.2, 0) is 14.3 Å². The highest BCUT2D eigenvalue weighted by Crippen LogP contribution is 2.18. The van der Waals surface area contributed by atoms with Gasteiger partial charge < -0.3 is 9.84 Å². The van der Waals surface area contributed by atoms with Crippen LogP contribution in [-0.4, -0.2) is 23.1 Å². The van der Waals surface area contributed by atoms with Gasteiger partial charge in [-0.05, 0) is 83.5 Å². The number of unbranched alkanes of at least 4 members (excludes halogenated alkanes) is 15. The van der Waals surface area contributed by atoms with E-state index in [4.69, 9.17) is 9.84 Å². The predicted octanol–water partition coefficient (Wildman–Crippen LogP) is 12.4. The van der Waals surface area contributed by atoms with E-state index < -0.39 is 5.97 Å². The molecule has 0 aromatic carbocycles. The van der Waals surface area contributed by atoms with Gasteiger partial charge in [0.1, 0.15) is 6.10 Å². The van der Waals surface area contributed by atoms with Crippen LogP contribution in [0.25, 0.3) is 0 Å². The van der Waals surface area contributed by atoms with Crippen molar-refractivity contribution < 1.29 is 19.4 Å². The molecule has 0 saturated heterocycles. The molecule has 0 spiro atoms. The summed E-state index contributed by atoms with van der Waals surface area (Å²) in [6, 6.07) is 0. The minimum atomic E-state index is -0.707. The molecule has 0 radical (unpaired) electrons. The molecular weight excluding hydrogens is 532 g/mol. The zero-order valence-corrected chi connectivity index (χ0v) is 28.3. The number of allylic oxidation sites excluding steroid dienone is 8. The van der Waals surface area contributed by atoms with Gasteiger partial charge in [0.05, 0.1) is 0 Å². The summed E-state index contributed by atoms with van der Waals surface area (Å²) in [5.74, 6) is -0.732. The van der Waals surface area contributed by atoms with E-state index in [2.05, 4.69) is 62.5 Å². The Morgan fingerprint density at radius 1 is 0.512 bits per heavy atom. The third-order valence-electron chi connectivity index (χ3n) is 7.80. The second kappa shape index (κ2) is 34.4. The average Bonchev–Trinajstić information content (AvgIpc) is 2.99. The minimum absolute atomic E-state index is 0.0249. The number of hydrogen-bond donors (Lipinski definition) is 1. The first-order chi connectivity index (χ1) is 21.1. The molecule has 0 fully saturated rings. The van der Waals surface area contributed by atoms with Crippen molar-refractivity contribution in [2.45, 2.75) is 187 Å². The molecule has 0 aliphatic carbocycles. The van der Waals surface area contributed by atoms with Gasteiger partial charge in [0.2, 0.25) is 0 Å². The van der Waals surface area contributed by atoms with Gasteiger partial charge in [-0.15, -0.1) is 0 Å². The fraction of sp³-hybridized carbons (Fsp3) is 0.744. The summed E-state index contributed by atoms with van der Waals surface area (Å²) >= 11 is 0. The number of ether oxygens (including phenoxy) is 1. The molecule has 1 atom stereocenters. The molecule has 1 unspecified atom stereocenters. The Balaban J connectivity index is 3.83. The van der Waals surface area contributed by atoms with Gasteiger partial charge in [0, 0.05) is 12.8 Å². The predicted molar refractivity (Wildman–Crippen MR) is 185 cm³/mol. The van der Waals surface area contributed by atoms with Crippen LogP contribution in [0.5, 0.6) is 0 Å². The van der Waals surface area contributed by atoms with Crippen LogP contribution >= 0.6 is 0 Å². The monoisotopic (exact) mass is 601 g/mol. The Labute approximate surface area is 266 Å². The SMILES string of the molecule is CCCCC/C=C\C/C=C\C/C=C\C/C=C\CCCCCCCC(=O)OC(CCCCCC)CCCCCCCC(=O)O. The van der Waals surface area contributed by atoms with Crippen molar-refractivity contribution in [3.8, 4) is 0 Å². The molecular formula is C39H68O4. The van der Waals surface area contributed by atoms with Crippen LogP contribution in [0.4, 0.5) is 0 Å². The highest BCUT2D eigenvalue weighted by molar-refractivity contribution is 5.69. The quantitative estimate of drug-likeness (QED) is 0.0474. The van der Waals surface area contributed by atoms with Gasteiger partial charge in [0.15, 0.2) is 0 Å². The van der Waals surface area contributed by atoms with Crippen LogP contribution < -0.4 is 0 Å². The number of carbonyl (C=O) groups excluding carboxylic acids is 1. The smallest absolute Gasteiger partial charge is 0.306 e. The maximum atomic E-state index is 12.5. The van der Waals surface area contributed by atoms with E-state index in [0.717, 1.165) is 89.9 Å². The van der Waals surface area contributed by atoms with Crippen LogP contribution in [0, 0.1) is 0 Å². The molecule has 0 rings (SSSR count). The molecule has 1 N–H and O–H groups in total. The first kappa shape index (κ1) is 40.9. The van der Waals surface area contributed by atoms with E-state index in [1.165, 1.54) is 64.2 Å². The largest absolute Gasteiger partial charge is 0.481 e. The maximum absolute atomic E-state index is 12.5. The minimum Gasteiger partial charge on any atom is -0.481 e. The van der Waals surface area contributed by atoms with Gasteiger partial charge in [-0.3, -0.25) is 9.59 Å². The second-order valence-electron chi connectivity index (χ2n) is 12.1. The lowest BCUT2D eigenvalue weighted by atomic mass is 10.0. The standard InChI is InChI=1S/C39H68O4/c1-3-5-7-9-10-11-12-13-14-15-16-17-18-19-20-21-22-23-24-28-32-36-39(42)43-37(33-29-8-6-4-2)34-30-26-25-27-31-35-38(40)41/h10-11,13-14,16-17,19-20,37H,3-9,12,15,18,21-36H2,1-2H3,(H,40,41)/b11-10-,14-13-,17-16-,20-19-. The number of esters is 1. The third-order valence-corrected chi connectivity index (χ3v) is 7.80. The van der Waals surface area contributed by atoms with Crippen molar-refractivity contribution in [1.82, 2.24) is 0 Å². The molecule has 0 bridgehead atoms. The molecule has 0 aromatic rings. The van der Waals surface area contributed by atoms with Crippen molar-refractivity contribution in [1.29, 1.82) is 0 Å². The van der Waals surface area contributed by atoms with E-state index in [0.29, 0.717) is 6.42 Å². The summed E-state index contributed by atoms with van der Waals surface area (Å²) < 4.78 is 5.90. The highest BCUT2D eigenvalue weighted by Gasteiger charge is 2.14. The highest BCUT2D eigenvalue weighted by atomic mass is 16.5. The first-order valence-corrected chi connectivity index (χ1v) is 18.1. The lowest BCUT2D eigenvalue weighted by Gasteiger charge is -2.18. The van der Waals surface area contributed by atoms with Gasteiger partial charge in [-0.1, -0.05) is 133 Å². The van der Waals surface area contributed by atoms with Gasteiger partial charge in [-0.25, -0.2) is 0 Å². The van der Waals surface area contributed by atoms with E-state index in [-0.39, 0.29) is 18.5 Å². The van der Waals surface area contributed by atoms with Crippen molar-refractivity contribution in [2.24, 2.45) is 0 Å². The number of carbonyl (C=O) groups is 2. The summed E-state index contributed by atoms with van der Waals surface area (Å²) in [6.07, 6.45) is 45.7. The van der Waals surface area contributed by atoms with Crippen molar-refractivity contribution in [2.75, 3.05) is 0 Å². The fourth-order valence-corrected chi connectivity index (χ4v) is 5.11. The third kappa shape index (κ3) is 34.3. The van der Waals surface area contributed by atoms with E-state index in [1.807, 2.05) is 0 Å². The average molecular weight is 601 g/mol. The molecule has 43 heavy (non-hydrogen) atoms. The number of hydrogen-bond acceptors (Lipinski definition) is 3. The first-order valence-electron chi connectivity index (χ1n) is 18.1. The molecule has 0 amide bonds. The Morgan fingerprint density at radius 2 is 0.907 bits per heavy atom. The maximum Gasteiger partial charge on any atom is 0.306 e. The summed E-state index contributed by atoms with van der Waals surface area (Å²) in [5.41, 5.74) is 0. The van der Waals surface area contributed by atoms with Gasteiger partial charge >= 0.3 is 11.9 Å². The van der Waals surface area contributed by atoms with Gasteiger partial charge in [-0.2, -0.15) is 0 Å². The normalized spacial score (nSPS) is 12.8. The van der Waals surface area contributed by atoms with E-state index >= 15 is 0 Å². The molecule has 0 aliphatic heterocycles. The Hall–Kier alpha value is -2.10. The Kier molecular flexibility index (Phi) is 32.7. The van der Waals surface area contributed by atoms with Crippen molar-refractivity contribution in [3.63, 3.8) is 0 Å². The number of rotatable bonds is 32. The number of aliphatic carboxylic acids is 1. The second-order valence-corrected chi connectivity index (χ2v) is 12.1. The number of carboxylic acid groups (broad SMARTS) is 1. The summed E-state index contributed by atoms with van der Waals surface area (Å²) in [5, 5.41) is 8.75. The summed E-state index contributed by atoms with van der Waals surface area (Å²) in [6.45, 7) is 4.46.